The summed E-state index contributed by atoms with van der Waals surface area (Å²) in [4.78, 5) is 26.4. The van der Waals surface area contributed by atoms with Gasteiger partial charge in [-0.25, -0.2) is 9.78 Å². The number of carboxylic acids is 1. The van der Waals surface area contributed by atoms with Gasteiger partial charge in [0.15, 0.2) is 5.76 Å². The van der Waals surface area contributed by atoms with Crippen LogP contribution in [-0.4, -0.2) is 22.0 Å². The number of oxazole rings is 1. The topological polar surface area (TPSA) is 106 Å². The molecule has 100 valence electrons. The fourth-order valence-electron chi connectivity index (χ4n) is 1.48. The van der Waals surface area contributed by atoms with Gasteiger partial charge in [-0.15, -0.1) is 0 Å². The molecule has 2 heterocycles. The van der Waals surface area contributed by atoms with E-state index in [1.165, 1.54) is 12.1 Å². The van der Waals surface area contributed by atoms with Crippen LogP contribution in [-0.2, 0) is 0 Å². The molecule has 2 N–H and O–H groups in total. The van der Waals surface area contributed by atoms with Crippen molar-refractivity contribution < 1.29 is 23.5 Å². The average Bonchev–Trinajstić information content (AvgIpc) is 2.96. The molecule has 1 unspecified atom stereocenters. The molecule has 2 aromatic rings. The van der Waals surface area contributed by atoms with Crippen LogP contribution >= 0.6 is 0 Å². The summed E-state index contributed by atoms with van der Waals surface area (Å²) in [5.74, 6) is -1.11. The molecular formula is C12H12N2O5. The van der Waals surface area contributed by atoms with Crippen molar-refractivity contribution in [3.63, 3.8) is 0 Å². The van der Waals surface area contributed by atoms with Crippen LogP contribution in [0.3, 0.4) is 0 Å². The summed E-state index contributed by atoms with van der Waals surface area (Å²) in [7, 11) is 0. The highest BCUT2D eigenvalue weighted by Crippen LogP contribution is 2.14. The van der Waals surface area contributed by atoms with Crippen LogP contribution in [0.15, 0.2) is 27.2 Å². The summed E-state index contributed by atoms with van der Waals surface area (Å²) in [5.41, 5.74) is 0. The minimum absolute atomic E-state index is 0.0764. The average molecular weight is 264 g/mol. The van der Waals surface area contributed by atoms with Crippen LogP contribution in [0.25, 0.3) is 0 Å². The van der Waals surface area contributed by atoms with Crippen LogP contribution in [0.5, 0.6) is 0 Å². The Morgan fingerprint density at radius 3 is 2.53 bits per heavy atom. The van der Waals surface area contributed by atoms with Crippen molar-refractivity contribution in [3.8, 4) is 0 Å². The molecule has 0 radical (unpaired) electrons. The maximum Gasteiger partial charge on any atom is 0.371 e. The van der Waals surface area contributed by atoms with E-state index >= 15 is 0 Å². The summed E-state index contributed by atoms with van der Waals surface area (Å²) < 4.78 is 10.2. The SMILES string of the molecule is Cc1cnc(C(C)NC(=O)c2ccc(C(=O)O)o2)o1. The Labute approximate surface area is 108 Å². The molecule has 0 bridgehead atoms. The number of hydrogen-bond donors (Lipinski definition) is 2. The van der Waals surface area contributed by atoms with Crippen LogP contribution < -0.4 is 5.32 Å². The Kier molecular flexibility index (Phi) is 3.37. The molecular weight excluding hydrogens is 252 g/mol. The van der Waals surface area contributed by atoms with Crippen molar-refractivity contribution in [2.75, 3.05) is 0 Å². The van der Waals surface area contributed by atoms with E-state index in [9.17, 15) is 9.59 Å². The standard InChI is InChI=1S/C12H12N2O5/c1-6-5-13-11(18-6)7(2)14-10(15)8-3-4-9(19-8)12(16)17/h3-5,7H,1-2H3,(H,14,15)(H,16,17). The number of aromatic nitrogens is 1. The number of aryl methyl sites for hydroxylation is 1. The highest BCUT2D eigenvalue weighted by molar-refractivity contribution is 5.93. The quantitative estimate of drug-likeness (QED) is 0.871. The number of carbonyl (C=O) groups excluding carboxylic acids is 1. The van der Waals surface area contributed by atoms with Crippen LogP contribution in [0.2, 0.25) is 0 Å². The first kappa shape index (κ1) is 12.9. The zero-order valence-electron chi connectivity index (χ0n) is 10.3. The summed E-state index contributed by atoms with van der Waals surface area (Å²) in [5, 5.41) is 11.3. The van der Waals surface area contributed by atoms with Crippen molar-refractivity contribution in [2.45, 2.75) is 19.9 Å². The van der Waals surface area contributed by atoms with E-state index in [0.29, 0.717) is 11.7 Å². The molecule has 0 aromatic carbocycles. The number of carbonyl (C=O) groups is 2. The lowest BCUT2D eigenvalue weighted by Crippen LogP contribution is -2.26. The maximum atomic E-state index is 11.8. The number of rotatable bonds is 4. The van der Waals surface area contributed by atoms with Gasteiger partial charge in [-0.1, -0.05) is 0 Å². The van der Waals surface area contributed by atoms with E-state index in [1.807, 2.05) is 0 Å². The fraction of sp³-hybridized carbons (Fsp3) is 0.250. The molecule has 0 aliphatic carbocycles. The Morgan fingerprint density at radius 1 is 1.32 bits per heavy atom. The lowest BCUT2D eigenvalue weighted by atomic mass is 10.3. The van der Waals surface area contributed by atoms with Gasteiger partial charge in [0.25, 0.3) is 5.91 Å². The Balaban J connectivity index is 2.06. The normalized spacial score (nSPS) is 12.1. The number of amides is 1. The molecule has 7 nitrogen and oxygen atoms in total. The molecule has 19 heavy (non-hydrogen) atoms. The smallest absolute Gasteiger partial charge is 0.371 e. The van der Waals surface area contributed by atoms with E-state index in [0.717, 1.165) is 0 Å². The first-order chi connectivity index (χ1) is 8.97. The number of nitrogens with one attached hydrogen (secondary N) is 1. The molecule has 2 aromatic heterocycles. The predicted octanol–water partition coefficient (Wildman–Crippen LogP) is 1.77. The van der Waals surface area contributed by atoms with Crippen molar-refractivity contribution in [1.82, 2.24) is 10.3 Å². The molecule has 1 atom stereocenters. The highest BCUT2D eigenvalue weighted by Gasteiger charge is 2.19. The van der Waals surface area contributed by atoms with E-state index < -0.39 is 17.9 Å². The second-order valence-corrected chi connectivity index (χ2v) is 3.97. The number of nitrogens with zero attached hydrogens (tertiary/aromatic N) is 1. The predicted molar refractivity (Wildman–Crippen MR) is 62.8 cm³/mol. The second-order valence-electron chi connectivity index (χ2n) is 3.97. The molecule has 0 spiro atoms. The zero-order chi connectivity index (χ0) is 14.0. The van der Waals surface area contributed by atoms with Gasteiger partial charge in [-0.2, -0.15) is 0 Å². The fourth-order valence-corrected chi connectivity index (χ4v) is 1.48. The number of aromatic carboxylic acids is 1. The van der Waals surface area contributed by atoms with Crippen molar-refractivity contribution in [2.24, 2.45) is 0 Å². The summed E-state index contributed by atoms with van der Waals surface area (Å²) in [6.45, 7) is 3.45. The van der Waals surface area contributed by atoms with Crippen LogP contribution in [0.1, 0.15) is 45.7 Å². The van der Waals surface area contributed by atoms with E-state index in [4.69, 9.17) is 13.9 Å². The summed E-state index contributed by atoms with van der Waals surface area (Å²) >= 11 is 0. The minimum atomic E-state index is -1.23. The third-order valence-electron chi connectivity index (χ3n) is 2.40. The molecule has 0 saturated carbocycles. The minimum Gasteiger partial charge on any atom is -0.475 e. The third kappa shape index (κ3) is 2.82. The first-order valence-corrected chi connectivity index (χ1v) is 5.53. The number of hydrogen-bond acceptors (Lipinski definition) is 5. The van der Waals surface area contributed by atoms with Gasteiger partial charge >= 0.3 is 5.97 Å². The van der Waals surface area contributed by atoms with Gasteiger partial charge < -0.3 is 19.3 Å². The van der Waals surface area contributed by atoms with Gasteiger partial charge in [0, 0.05) is 0 Å². The Hall–Kier alpha value is -2.57. The Bertz CT molecular complexity index is 613. The van der Waals surface area contributed by atoms with E-state index in [2.05, 4.69) is 10.3 Å². The molecule has 0 aliphatic rings. The van der Waals surface area contributed by atoms with Crippen molar-refractivity contribution in [3.05, 3.63) is 41.5 Å². The van der Waals surface area contributed by atoms with Gasteiger partial charge in [-0.05, 0) is 26.0 Å². The lowest BCUT2D eigenvalue weighted by Gasteiger charge is -2.08. The van der Waals surface area contributed by atoms with E-state index in [-0.39, 0.29) is 11.5 Å². The maximum absolute atomic E-state index is 11.8. The summed E-state index contributed by atoms with van der Waals surface area (Å²) in [6.07, 6.45) is 1.55. The number of carboxylic acid groups (broad SMARTS) is 1. The highest BCUT2D eigenvalue weighted by atomic mass is 16.4. The van der Waals surface area contributed by atoms with Gasteiger partial charge in [0.05, 0.1) is 6.20 Å². The summed E-state index contributed by atoms with van der Waals surface area (Å²) in [6, 6.07) is 2.07. The molecule has 7 heteroatoms. The largest absolute Gasteiger partial charge is 0.475 e. The van der Waals surface area contributed by atoms with Crippen molar-refractivity contribution >= 4 is 11.9 Å². The number of furan rings is 1. The van der Waals surface area contributed by atoms with Gasteiger partial charge in [-0.3, -0.25) is 4.79 Å². The molecule has 0 fully saturated rings. The first-order valence-electron chi connectivity index (χ1n) is 5.53. The zero-order valence-corrected chi connectivity index (χ0v) is 10.3. The van der Waals surface area contributed by atoms with Crippen molar-refractivity contribution in [1.29, 1.82) is 0 Å². The van der Waals surface area contributed by atoms with Gasteiger partial charge in [0.1, 0.15) is 11.8 Å². The molecule has 0 aliphatic heterocycles. The van der Waals surface area contributed by atoms with Crippen LogP contribution in [0.4, 0.5) is 0 Å². The second kappa shape index (κ2) is 4.97. The van der Waals surface area contributed by atoms with E-state index in [1.54, 1.807) is 20.0 Å². The van der Waals surface area contributed by atoms with Crippen LogP contribution in [0, 0.1) is 6.92 Å². The molecule has 2 rings (SSSR count). The molecule has 0 saturated heterocycles. The Morgan fingerprint density at radius 2 is 2.00 bits per heavy atom. The monoisotopic (exact) mass is 264 g/mol. The van der Waals surface area contributed by atoms with Gasteiger partial charge in [0.2, 0.25) is 11.7 Å². The molecule has 1 amide bonds. The third-order valence-corrected chi connectivity index (χ3v) is 2.40. The lowest BCUT2D eigenvalue weighted by molar-refractivity contribution is 0.0659.